The number of amides is 1. The van der Waals surface area contributed by atoms with Crippen molar-refractivity contribution in [3.63, 3.8) is 0 Å². The molecule has 1 aliphatic rings. The van der Waals surface area contributed by atoms with E-state index >= 15 is 0 Å². The van der Waals surface area contributed by atoms with E-state index in [1.54, 1.807) is 4.90 Å². The Morgan fingerprint density at radius 3 is 2.88 bits per heavy atom. The molecule has 0 radical (unpaired) electrons. The van der Waals surface area contributed by atoms with E-state index in [-0.39, 0.29) is 20.6 Å². The Balaban J connectivity index is 2.05. The molecule has 2 heterocycles. The number of carbonyl (C=O) groups excluding carboxylic acids is 1. The summed E-state index contributed by atoms with van der Waals surface area (Å²) in [6.07, 6.45) is 0.683. The second kappa shape index (κ2) is 4.39. The average Bonchev–Trinajstić information content (AvgIpc) is 2.53. The van der Waals surface area contributed by atoms with E-state index in [4.69, 9.17) is 10.5 Å². The van der Waals surface area contributed by atoms with E-state index in [0.29, 0.717) is 6.54 Å². The van der Waals surface area contributed by atoms with Gasteiger partial charge in [0.25, 0.3) is 0 Å². The van der Waals surface area contributed by atoms with Gasteiger partial charge in [0.05, 0.1) is 0 Å². The number of hydrogen-bond acceptors (Lipinski definition) is 3. The number of rotatable bonds is 0. The van der Waals surface area contributed by atoms with Gasteiger partial charge >= 0.3 is 107 Å². The predicted molar refractivity (Wildman–Crippen MR) is 68.1 cm³/mol. The van der Waals surface area contributed by atoms with Crippen molar-refractivity contribution in [3.05, 3.63) is 16.1 Å². The Morgan fingerprint density at radius 1 is 1.53 bits per heavy atom. The normalized spacial score (nSPS) is 15.6. The second-order valence-corrected chi connectivity index (χ2v) is 7.70. The molecule has 0 atom stereocenters. The number of carbonyl (C=O) groups is 1. The Morgan fingerprint density at radius 2 is 2.24 bits per heavy atom. The first kappa shape index (κ1) is 12.5. The van der Waals surface area contributed by atoms with Gasteiger partial charge in [-0.2, -0.15) is 0 Å². The van der Waals surface area contributed by atoms with Crippen LogP contribution in [0, 0.1) is 0 Å². The van der Waals surface area contributed by atoms with E-state index in [9.17, 15) is 4.79 Å². The zero-order chi connectivity index (χ0) is 12.6. The van der Waals surface area contributed by atoms with Crippen molar-refractivity contribution in [2.24, 2.45) is 0 Å². The Labute approximate surface area is 107 Å². The standard InChI is InChI=1S/C12H18N2O2Se/c1-12(2,3)16-11(15)14-5-4-8-6-10(13)17-9(8)7-14/h6H,4-5,7,13H2,1-3H3. The van der Waals surface area contributed by atoms with Gasteiger partial charge in [0.1, 0.15) is 0 Å². The van der Waals surface area contributed by atoms with Gasteiger partial charge < -0.3 is 0 Å². The predicted octanol–water partition coefficient (Wildman–Crippen LogP) is 1.62. The van der Waals surface area contributed by atoms with Crippen molar-refractivity contribution in [1.82, 2.24) is 4.90 Å². The van der Waals surface area contributed by atoms with Gasteiger partial charge in [0.15, 0.2) is 0 Å². The molecular weight excluding hydrogens is 283 g/mol. The molecule has 1 amide bonds. The summed E-state index contributed by atoms with van der Waals surface area (Å²) in [5, 5.41) is 0. The third-order valence-electron chi connectivity index (χ3n) is 2.55. The van der Waals surface area contributed by atoms with Crippen molar-refractivity contribution < 1.29 is 9.53 Å². The molecule has 0 spiro atoms. The zero-order valence-corrected chi connectivity index (χ0v) is 12.2. The van der Waals surface area contributed by atoms with Crippen LogP contribution in [-0.2, 0) is 17.7 Å². The van der Waals surface area contributed by atoms with Gasteiger partial charge in [-0.25, -0.2) is 0 Å². The molecule has 4 nitrogen and oxygen atoms in total. The number of ether oxygens (including phenoxy) is 1. The zero-order valence-electron chi connectivity index (χ0n) is 10.4. The molecule has 94 valence electrons. The van der Waals surface area contributed by atoms with Crippen molar-refractivity contribution in [3.8, 4) is 0 Å². The molecule has 17 heavy (non-hydrogen) atoms. The third-order valence-corrected chi connectivity index (χ3v) is 4.63. The first-order valence-electron chi connectivity index (χ1n) is 5.70. The third kappa shape index (κ3) is 3.05. The fourth-order valence-electron chi connectivity index (χ4n) is 1.83. The van der Waals surface area contributed by atoms with Crippen LogP contribution in [-0.4, -0.2) is 37.6 Å². The molecule has 1 aliphatic heterocycles. The summed E-state index contributed by atoms with van der Waals surface area (Å²) in [6.45, 7) is 7.07. The number of hydrogen-bond donors (Lipinski definition) is 1. The topological polar surface area (TPSA) is 55.6 Å². The van der Waals surface area contributed by atoms with E-state index in [1.807, 2.05) is 20.8 Å². The van der Waals surface area contributed by atoms with Crippen LogP contribution in [0.3, 0.4) is 0 Å². The number of nitrogens with zero attached hydrogens (tertiary/aromatic N) is 1. The van der Waals surface area contributed by atoms with Crippen LogP contribution in [0.4, 0.5) is 9.36 Å². The van der Waals surface area contributed by atoms with Gasteiger partial charge in [0.2, 0.25) is 0 Å². The molecule has 1 aromatic heterocycles. The number of anilines is 1. The van der Waals surface area contributed by atoms with Crippen molar-refractivity contribution in [1.29, 1.82) is 0 Å². The van der Waals surface area contributed by atoms with E-state index in [0.717, 1.165) is 17.5 Å². The van der Waals surface area contributed by atoms with Crippen molar-refractivity contribution in [2.45, 2.75) is 39.3 Å². The molecule has 0 saturated carbocycles. The summed E-state index contributed by atoms with van der Waals surface area (Å²) >= 11 is 0.232. The van der Waals surface area contributed by atoms with Crippen LogP contribution in [0.1, 0.15) is 30.8 Å². The maximum absolute atomic E-state index is 11.9. The van der Waals surface area contributed by atoms with Gasteiger partial charge in [0, 0.05) is 0 Å². The quantitative estimate of drug-likeness (QED) is 0.741. The molecule has 0 fully saturated rings. The number of nitrogens with two attached hydrogens (primary N) is 1. The minimum absolute atomic E-state index is 0.217. The maximum atomic E-state index is 11.9. The summed E-state index contributed by atoms with van der Waals surface area (Å²) < 4.78 is 7.67. The molecule has 0 aliphatic carbocycles. The molecule has 5 heteroatoms. The van der Waals surface area contributed by atoms with Gasteiger partial charge in [-0.3, -0.25) is 0 Å². The Hall–Kier alpha value is -0.931. The second-order valence-electron chi connectivity index (χ2n) is 5.25. The molecular formula is C12H18N2O2Se. The number of nitrogen functional groups attached to an aromatic ring is 1. The van der Waals surface area contributed by atoms with Crippen LogP contribution >= 0.6 is 0 Å². The molecule has 0 saturated heterocycles. The van der Waals surface area contributed by atoms with Gasteiger partial charge in [-0.15, -0.1) is 0 Å². The van der Waals surface area contributed by atoms with Crippen LogP contribution in [0.5, 0.6) is 0 Å². The van der Waals surface area contributed by atoms with E-state index in [2.05, 4.69) is 6.07 Å². The molecule has 2 rings (SSSR count). The van der Waals surface area contributed by atoms with Crippen LogP contribution < -0.4 is 5.73 Å². The molecule has 2 N–H and O–H groups in total. The van der Waals surface area contributed by atoms with Crippen LogP contribution in [0.2, 0.25) is 0 Å². The van der Waals surface area contributed by atoms with Gasteiger partial charge in [-0.05, 0) is 0 Å². The first-order valence-corrected chi connectivity index (χ1v) is 7.41. The summed E-state index contributed by atoms with van der Waals surface area (Å²) in [4.78, 5) is 13.7. The Bertz CT molecular complexity index is 434. The van der Waals surface area contributed by atoms with Crippen molar-refractivity contribution >= 4 is 25.2 Å². The minimum atomic E-state index is -0.427. The fourth-order valence-corrected chi connectivity index (χ4v) is 3.92. The monoisotopic (exact) mass is 302 g/mol. The SMILES string of the molecule is CC(C)(C)OC(=O)N1CCc2cc(N)[se]c2C1. The average molecular weight is 301 g/mol. The number of fused-ring (bicyclic) bond motifs is 1. The van der Waals surface area contributed by atoms with Gasteiger partial charge in [-0.1, -0.05) is 0 Å². The van der Waals surface area contributed by atoms with Crippen LogP contribution in [0.15, 0.2) is 6.07 Å². The summed E-state index contributed by atoms with van der Waals surface area (Å²) in [5.74, 6) is 0. The summed E-state index contributed by atoms with van der Waals surface area (Å²) in [6, 6.07) is 2.07. The first-order chi connectivity index (χ1) is 7.85. The molecule has 1 aromatic rings. The van der Waals surface area contributed by atoms with Crippen molar-refractivity contribution in [2.75, 3.05) is 12.3 Å². The molecule has 0 bridgehead atoms. The molecule has 0 aromatic carbocycles. The molecule has 0 unspecified atom stereocenters. The summed E-state index contributed by atoms with van der Waals surface area (Å²) in [5.41, 5.74) is 6.74. The summed E-state index contributed by atoms with van der Waals surface area (Å²) in [7, 11) is 0. The van der Waals surface area contributed by atoms with E-state index < -0.39 is 5.60 Å². The Kier molecular flexibility index (Phi) is 3.23. The fraction of sp³-hybridized carbons (Fsp3) is 0.583. The van der Waals surface area contributed by atoms with Crippen LogP contribution in [0.25, 0.3) is 0 Å². The van der Waals surface area contributed by atoms with E-state index in [1.165, 1.54) is 10.0 Å².